The number of amides is 3. The second kappa shape index (κ2) is 11.4. The molecule has 1 aliphatic carbocycles. The molecule has 0 saturated carbocycles. The van der Waals surface area contributed by atoms with Crippen molar-refractivity contribution in [2.45, 2.75) is 90.0 Å². The number of carbonyl (C=O) groups is 3. The third-order valence-corrected chi connectivity index (χ3v) is 10.8. The highest BCUT2D eigenvalue weighted by Crippen LogP contribution is 2.44. The number of halogens is 2. The fourth-order valence-corrected chi connectivity index (χ4v) is 8.21. The van der Waals surface area contributed by atoms with E-state index in [2.05, 4.69) is 41.1 Å². The maximum Gasteiger partial charge on any atom is 0.255 e. The van der Waals surface area contributed by atoms with Gasteiger partial charge in [0.05, 0.1) is 0 Å². The first kappa shape index (κ1) is 29.6. The van der Waals surface area contributed by atoms with Crippen LogP contribution in [0.5, 0.6) is 0 Å². The van der Waals surface area contributed by atoms with Crippen LogP contribution in [0.15, 0.2) is 42.0 Å². The van der Waals surface area contributed by atoms with Crippen LogP contribution in [0.2, 0.25) is 5.02 Å². The summed E-state index contributed by atoms with van der Waals surface area (Å²) in [5.74, 6) is -1.49. The summed E-state index contributed by atoms with van der Waals surface area (Å²) >= 11 is 6.21. The zero-order valence-electron chi connectivity index (χ0n) is 25.5. The largest absolute Gasteiger partial charge is 0.322 e. The Morgan fingerprint density at radius 1 is 0.955 bits per heavy atom. The van der Waals surface area contributed by atoms with E-state index < -0.39 is 11.9 Å². The van der Waals surface area contributed by atoms with E-state index in [1.807, 2.05) is 18.2 Å². The molecule has 4 saturated heterocycles. The number of benzene rings is 2. The number of carbonyl (C=O) groups excluding carboxylic acids is 3. The summed E-state index contributed by atoms with van der Waals surface area (Å²) < 4.78 is 15.4. The van der Waals surface area contributed by atoms with Crippen molar-refractivity contribution in [2.75, 3.05) is 19.6 Å². The maximum atomic E-state index is 15.4. The van der Waals surface area contributed by atoms with Gasteiger partial charge in [-0.3, -0.25) is 29.5 Å². The van der Waals surface area contributed by atoms with Gasteiger partial charge in [0.2, 0.25) is 11.8 Å². The number of imide groups is 1. The Morgan fingerprint density at radius 3 is 2.34 bits per heavy atom. The number of fused-ring (bicyclic) bond motifs is 4. The minimum atomic E-state index is -0.700. The van der Waals surface area contributed by atoms with E-state index >= 15 is 4.39 Å². The average Bonchev–Trinajstić information content (AvgIpc) is 3.29. The summed E-state index contributed by atoms with van der Waals surface area (Å²) in [6.07, 6.45) is 6.11. The van der Waals surface area contributed by atoms with Gasteiger partial charge in [0, 0.05) is 67.4 Å². The lowest BCUT2D eigenvalue weighted by molar-refractivity contribution is -0.136. The first-order chi connectivity index (χ1) is 21.0. The molecule has 3 amide bonds. The summed E-state index contributed by atoms with van der Waals surface area (Å²) in [7, 11) is 0. The van der Waals surface area contributed by atoms with Gasteiger partial charge in [-0.05, 0) is 84.9 Å². The van der Waals surface area contributed by atoms with E-state index in [9.17, 15) is 14.4 Å². The molecule has 3 unspecified atom stereocenters. The van der Waals surface area contributed by atoms with E-state index in [1.54, 1.807) is 5.57 Å². The third-order valence-electron chi connectivity index (χ3n) is 10.6. The van der Waals surface area contributed by atoms with Crippen molar-refractivity contribution >= 4 is 34.9 Å². The second-order valence-electron chi connectivity index (χ2n) is 14.2. The van der Waals surface area contributed by atoms with Gasteiger partial charge in [0.1, 0.15) is 11.9 Å². The first-order valence-corrected chi connectivity index (χ1v) is 16.3. The fourth-order valence-electron chi connectivity index (χ4n) is 8.08. The SMILES string of the molecule is CC1(C)CCC(CN2CC3CCC2CN3Cc2cc3c(cc2F)C(=O)N(C2CCC(=O)NC2=O)C3)=C(c2ccc(Cl)cc2)C1. The molecule has 0 radical (unpaired) electrons. The van der Waals surface area contributed by atoms with Crippen LogP contribution in [0, 0.1) is 11.2 Å². The molecule has 5 aliphatic heterocycles. The average molecular weight is 619 g/mol. The number of hydrogen-bond acceptors (Lipinski definition) is 5. The Balaban J connectivity index is 1.05. The van der Waals surface area contributed by atoms with Gasteiger partial charge in [-0.2, -0.15) is 0 Å². The van der Waals surface area contributed by atoms with Crippen LogP contribution in [-0.2, 0) is 22.7 Å². The van der Waals surface area contributed by atoms with Crippen LogP contribution in [0.1, 0.15) is 85.8 Å². The molecule has 9 heteroatoms. The quantitative estimate of drug-likeness (QED) is 0.430. The van der Waals surface area contributed by atoms with Crippen LogP contribution in [0.3, 0.4) is 0 Å². The van der Waals surface area contributed by atoms with E-state index in [0.29, 0.717) is 36.2 Å². The number of nitrogens with zero attached hydrogens (tertiary/aromatic N) is 3. The van der Waals surface area contributed by atoms with E-state index in [-0.39, 0.29) is 36.0 Å². The highest BCUT2D eigenvalue weighted by Gasteiger charge is 2.42. The van der Waals surface area contributed by atoms with Crippen molar-refractivity contribution in [2.24, 2.45) is 5.41 Å². The molecule has 232 valence electrons. The molecule has 2 aromatic rings. The standard InChI is InChI=1S/C35H40ClFN4O3/c1-35(2)12-11-22(29(15-35)21-3-5-25(36)6-4-21)16-39-19-27-8-7-26(39)20-40(27)17-24-13-23-18-41(34(44)28(23)14-30(24)37)31-9-10-32(42)38-33(31)43/h3-6,13-14,26-27,31H,7-12,15-20H2,1-2H3,(H,38,42,43). The Kier molecular flexibility index (Phi) is 7.66. The van der Waals surface area contributed by atoms with Crippen LogP contribution >= 0.6 is 11.6 Å². The van der Waals surface area contributed by atoms with Gasteiger partial charge < -0.3 is 4.90 Å². The molecule has 2 bridgehead atoms. The lowest BCUT2D eigenvalue weighted by Gasteiger charge is -2.52. The van der Waals surface area contributed by atoms with Gasteiger partial charge >= 0.3 is 0 Å². The molecule has 5 heterocycles. The van der Waals surface area contributed by atoms with Crippen molar-refractivity contribution in [1.82, 2.24) is 20.0 Å². The number of nitrogens with one attached hydrogen (secondary N) is 1. The molecule has 3 atom stereocenters. The maximum absolute atomic E-state index is 15.4. The molecule has 8 rings (SSSR count). The summed E-state index contributed by atoms with van der Waals surface area (Å²) in [5.41, 5.74) is 6.24. The Labute approximate surface area is 263 Å². The van der Waals surface area contributed by atoms with Gasteiger partial charge in [-0.1, -0.05) is 43.2 Å². The zero-order valence-corrected chi connectivity index (χ0v) is 26.3. The molecule has 0 aromatic heterocycles. The topological polar surface area (TPSA) is 73.0 Å². The second-order valence-corrected chi connectivity index (χ2v) is 14.6. The van der Waals surface area contributed by atoms with E-state index in [1.165, 1.54) is 28.5 Å². The summed E-state index contributed by atoms with van der Waals surface area (Å²) in [4.78, 5) is 43.7. The molecule has 1 N–H and O–H groups in total. The monoisotopic (exact) mass is 618 g/mol. The van der Waals surface area contributed by atoms with Crippen molar-refractivity contribution in [3.05, 3.63) is 75.1 Å². The van der Waals surface area contributed by atoms with Crippen molar-refractivity contribution in [1.29, 1.82) is 0 Å². The number of piperazine rings is 1. The molecule has 6 aliphatic rings. The van der Waals surface area contributed by atoms with E-state index in [0.717, 1.165) is 55.9 Å². The van der Waals surface area contributed by atoms with Gasteiger partial charge in [-0.25, -0.2) is 4.39 Å². The summed E-state index contributed by atoms with van der Waals surface area (Å²) in [6, 6.07) is 11.6. The zero-order chi connectivity index (χ0) is 30.7. The number of piperidine rings is 3. The minimum Gasteiger partial charge on any atom is -0.322 e. The number of rotatable bonds is 6. The number of allylic oxidation sites excluding steroid dienone is 1. The van der Waals surface area contributed by atoms with Crippen LogP contribution in [0.4, 0.5) is 4.39 Å². The van der Waals surface area contributed by atoms with Gasteiger partial charge in [0.25, 0.3) is 5.91 Å². The fraction of sp³-hybridized carbons (Fsp3) is 0.514. The normalized spacial score (nSPS) is 27.2. The minimum absolute atomic E-state index is 0.197. The molecule has 2 aromatic carbocycles. The molecule has 0 spiro atoms. The predicted octanol–water partition coefficient (Wildman–Crippen LogP) is 5.55. The highest BCUT2D eigenvalue weighted by atomic mass is 35.5. The van der Waals surface area contributed by atoms with Crippen LogP contribution in [0.25, 0.3) is 5.57 Å². The molecular weight excluding hydrogens is 579 g/mol. The van der Waals surface area contributed by atoms with Crippen molar-refractivity contribution < 1.29 is 18.8 Å². The van der Waals surface area contributed by atoms with Crippen molar-refractivity contribution in [3.63, 3.8) is 0 Å². The molecule has 44 heavy (non-hydrogen) atoms. The van der Waals surface area contributed by atoms with E-state index in [4.69, 9.17) is 11.6 Å². The smallest absolute Gasteiger partial charge is 0.255 e. The first-order valence-electron chi connectivity index (χ1n) is 16.0. The Hall–Kier alpha value is -3.07. The van der Waals surface area contributed by atoms with Gasteiger partial charge in [0.15, 0.2) is 0 Å². The molecule has 7 nitrogen and oxygen atoms in total. The number of hydrogen-bond donors (Lipinski definition) is 1. The lowest BCUT2D eigenvalue weighted by atomic mass is 9.72. The van der Waals surface area contributed by atoms with Crippen molar-refractivity contribution in [3.8, 4) is 0 Å². The lowest BCUT2D eigenvalue weighted by Crippen LogP contribution is -2.62. The Bertz CT molecular complexity index is 1550. The van der Waals surface area contributed by atoms with Crippen LogP contribution < -0.4 is 5.32 Å². The molecule has 4 fully saturated rings. The summed E-state index contributed by atoms with van der Waals surface area (Å²) in [6.45, 7) is 8.34. The third kappa shape index (κ3) is 5.61. The Morgan fingerprint density at radius 2 is 1.66 bits per heavy atom. The predicted molar refractivity (Wildman–Crippen MR) is 167 cm³/mol. The van der Waals surface area contributed by atoms with Gasteiger partial charge in [-0.15, -0.1) is 0 Å². The summed E-state index contributed by atoms with van der Waals surface area (Å²) in [5, 5.41) is 3.09. The van der Waals surface area contributed by atoms with Crippen LogP contribution in [-0.4, -0.2) is 70.2 Å². The highest BCUT2D eigenvalue weighted by molar-refractivity contribution is 6.30. The molecular formula is C35H40ClFN4O3.